The largest absolute Gasteiger partial charge is 0.465 e. The summed E-state index contributed by atoms with van der Waals surface area (Å²) >= 11 is 11.6. The van der Waals surface area contributed by atoms with E-state index < -0.39 is 17.6 Å². The van der Waals surface area contributed by atoms with Gasteiger partial charge in [0.05, 0.1) is 18.4 Å². The first kappa shape index (κ1) is 21.9. The van der Waals surface area contributed by atoms with Gasteiger partial charge in [0.15, 0.2) is 10.2 Å². The fourth-order valence-corrected chi connectivity index (χ4v) is 3.92. The molecule has 2 rings (SSSR count). The maximum Gasteiger partial charge on any atom is 0.341 e. The first-order chi connectivity index (χ1) is 13.3. The number of esters is 1. The van der Waals surface area contributed by atoms with Gasteiger partial charge in [0, 0.05) is 10.9 Å². The number of benzene rings is 1. The highest BCUT2D eigenvalue weighted by molar-refractivity contribution is 7.81. The third kappa shape index (κ3) is 5.33. The number of thiophene rings is 1. The highest BCUT2D eigenvalue weighted by Crippen LogP contribution is 2.33. The van der Waals surface area contributed by atoms with Crippen molar-refractivity contribution < 1.29 is 18.3 Å². The molecule has 0 aliphatic carbocycles. The maximum atomic E-state index is 13.6. The summed E-state index contributed by atoms with van der Waals surface area (Å²) in [6, 6.07) is 3.06. The fraction of sp³-hybridized carbons (Fsp3) is 0.235. The summed E-state index contributed by atoms with van der Waals surface area (Å²) in [7, 11) is 1.31. The lowest BCUT2D eigenvalue weighted by Gasteiger charge is -2.14. The zero-order valence-electron chi connectivity index (χ0n) is 15.2. The first-order valence-electron chi connectivity index (χ1n) is 8.06. The monoisotopic (exact) mass is 444 g/mol. The van der Waals surface area contributed by atoms with Crippen molar-refractivity contribution in [2.24, 2.45) is 0 Å². The number of nitrogens with one attached hydrogen (secondary N) is 4. The molecule has 1 heterocycles. The predicted octanol–water partition coefficient (Wildman–Crippen LogP) is 3.87. The zero-order chi connectivity index (χ0) is 20.8. The van der Waals surface area contributed by atoms with Crippen LogP contribution >= 0.6 is 35.8 Å². The molecule has 0 unspecified atom stereocenters. The van der Waals surface area contributed by atoms with Crippen LogP contribution in [0.4, 0.5) is 19.5 Å². The summed E-state index contributed by atoms with van der Waals surface area (Å²) in [5.41, 5.74) is 6.56. The molecule has 0 aliphatic rings. The van der Waals surface area contributed by atoms with Gasteiger partial charge in [-0.1, -0.05) is 6.92 Å². The van der Waals surface area contributed by atoms with Crippen LogP contribution in [0.15, 0.2) is 18.2 Å². The minimum Gasteiger partial charge on any atom is -0.465 e. The molecule has 0 fully saturated rings. The van der Waals surface area contributed by atoms with Gasteiger partial charge in [-0.3, -0.25) is 10.9 Å². The van der Waals surface area contributed by atoms with Crippen molar-refractivity contribution in [3.63, 3.8) is 0 Å². The van der Waals surface area contributed by atoms with E-state index in [0.29, 0.717) is 17.0 Å². The van der Waals surface area contributed by atoms with Crippen molar-refractivity contribution in [1.29, 1.82) is 0 Å². The van der Waals surface area contributed by atoms with Gasteiger partial charge in [-0.2, -0.15) is 0 Å². The summed E-state index contributed by atoms with van der Waals surface area (Å²) in [5, 5.41) is 6.19. The van der Waals surface area contributed by atoms with Crippen LogP contribution in [0.25, 0.3) is 0 Å². The topological polar surface area (TPSA) is 74.4 Å². The van der Waals surface area contributed by atoms with E-state index in [0.717, 1.165) is 22.6 Å². The van der Waals surface area contributed by atoms with Crippen molar-refractivity contribution in [3.8, 4) is 0 Å². The molecule has 1 aromatic carbocycles. The molecule has 0 spiro atoms. The number of anilines is 2. The molecule has 0 bridgehead atoms. The number of thiocarbonyl (C=S) groups is 2. The smallest absolute Gasteiger partial charge is 0.341 e. The van der Waals surface area contributed by atoms with Gasteiger partial charge < -0.3 is 15.4 Å². The predicted molar refractivity (Wildman–Crippen MR) is 115 cm³/mol. The first-order valence-corrected chi connectivity index (χ1v) is 9.69. The van der Waals surface area contributed by atoms with Gasteiger partial charge in [0.1, 0.15) is 16.6 Å². The van der Waals surface area contributed by atoms with Crippen molar-refractivity contribution in [3.05, 3.63) is 45.8 Å². The number of carbonyl (C=O) groups excluding carboxylic acids is 1. The molecular weight excluding hydrogens is 426 g/mol. The lowest BCUT2D eigenvalue weighted by molar-refractivity contribution is 0.0601. The molecule has 0 amide bonds. The van der Waals surface area contributed by atoms with Gasteiger partial charge in [0.2, 0.25) is 0 Å². The summed E-state index contributed by atoms with van der Waals surface area (Å²) in [6.07, 6.45) is 0.671. The molecule has 4 N–H and O–H groups in total. The van der Waals surface area contributed by atoms with E-state index >= 15 is 0 Å². The van der Waals surface area contributed by atoms with Crippen molar-refractivity contribution in [2.75, 3.05) is 17.7 Å². The Kier molecular flexibility index (Phi) is 7.61. The highest BCUT2D eigenvalue weighted by atomic mass is 32.1. The number of rotatable bonds is 4. The Morgan fingerprint density at radius 3 is 2.39 bits per heavy atom. The second-order valence-electron chi connectivity index (χ2n) is 5.47. The minimum absolute atomic E-state index is 0.00836. The van der Waals surface area contributed by atoms with Crippen LogP contribution in [0.2, 0.25) is 0 Å². The van der Waals surface area contributed by atoms with Gasteiger partial charge in [-0.15, -0.1) is 11.3 Å². The zero-order valence-corrected chi connectivity index (χ0v) is 17.7. The van der Waals surface area contributed by atoms with Crippen LogP contribution in [0.5, 0.6) is 0 Å². The van der Waals surface area contributed by atoms with Gasteiger partial charge >= 0.3 is 5.97 Å². The van der Waals surface area contributed by atoms with Gasteiger partial charge in [-0.25, -0.2) is 13.6 Å². The summed E-state index contributed by atoms with van der Waals surface area (Å²) in [5.74, 6) is -1.93. The summed E-state index contributed by atoms with van der Waals surface area (Å²) < 4.78 is 31.4. The van der Waals surface area contributed by atoms with Crippen LogP contribution in [-0.2, 0) is 11.2 Å². The van der Waals surface area contributed by atoms with E-state index in [2.05, 4.69) is 21.5 Å². The van der Waals surface area contributed by atoms with E-state index in [1.54, 1.807) is 0 Å². The molecule has 0 aliphatic heterocycles. The fourth-order valence-electron chi connectivity index (χ4n) is 2.40. The van der Waals surface area contributed by atoms with Gasteiger partial charge in [-0.05, 0) is 55.5 Å². The Bertz CT molecular complexity index is 918. The van der Waals surface area contributed by atoms with Crippen molar-refractivity contribution >= 4 is 62.7 Å². The van der Waals surface area contributed by atoms with E-state index in [-0.39, 0.29) is 15.9 Å². The van der Waals surface area contributed by atoms with Gasteiger partial charge in [0.25, 0.3) is 0 Å². The Morgan fingerprint density at radius 2 is 1.82 bits per heavy atom. The average molecular weight is 445 g/mol. The number of hydrogen-bond acceptors (Lipinski definition) is 5. The quantitative estimate of drug-likeness (QED) is 0.322. The average Bonchev–Trinajstić information content (AvgIpc) is 2.96. The molecule has 28 heavy (non-hydrogen) atoms. The van der Waals surface area contributed by atoms with Crippen LogP contribution in [0.1, 0.15) is 27.7 Å². The van der Waals surface area contributed by atoms with Crippen molar-refractivity contribution in [1.82, 2.24) is 10.9 Å². The maximum absolute atomic E-state index is 13.6. The second-order valence-corrected chi connectivity index (χ2v) is 7.51. The normalized spacial score (nSPS) is 10.2. The summed E-state index contributed by atoms with van der Waals surface area (Å²) in [6.45, 7) is 3.86. The van der Waals surface area contributed by atoms with Crippen molar-refractivity contribution in [2.45, 2.75) is 20.3 Å². The number of halogens is 2. The Hall–Kier alpha value is -2.37. The third-order valence-electron chi connectivity index (χ3n) is 3.65. The number of methoxy groups -OCH3 is 1. The van der Waals surface area contributed by atoms with Crippen LogP contribution in [0, 0.1) is 18.6 Å². The van der Waals surface area contributed by atoms with E-state index in [9.17, 15) is 13.6 Å². The van der Waals surface area contributed by atoms with Crippen LogP contribution < -0.4 is 21.5 Å². The number of hydrogen-bond donors (Lipinski definition) is 4. The molecule has 2 aromatic rings. The van der Waals surface area contributed by atoms with E-state index in [1.807, 2.05) is 13.8 Å². The minimum atomic E-state index is -0.784. The molecule has 0 atom stereocenters. The Labute approximate surface area is 175 Å². The Balaban J connectivity index is 1.99. The lowest BCUT2D eigenvalue weighted by atomic mass is 10.1. The molecule has 0 radical (unpaired) electrons. The third-order valence-corrected chi connectivity index (χ3v) is 5.12. The molecule has 150 valence electrons. The number of ether oxygens (including phenoxy) is 1. The number of carbonyl (C=O) groups is 1. The van der Waals surface area contributed by atoms with Crippen LogP contribution in [0.3, 0.4) is 0 Å². The SMILES string of the molecule is CCc1c(C)sc(NC(=S)NNC(=S)Nc2ccc(F)cc2F)c1C(=O)OC. The molecule has 1 aromatic heterocycles. The molecular formula is C17H18F2N4O2S3. The van der Waals surface area contributed by atoms with Crippen LogP contribution in [-0.4, -0.2) is 23.3 Å². The summed E-state index contributed by atoms with van der Waals surface area (Å²) in [4.78, 5) is 13.1. The van der Waals surface area contributed by atoms with E-state index in [1.165, 1.54) is 24.5 Å². The molecule has 0 saturated heterocycles. The number of aryl methyl sites for hydroxylation is 1. The highest BCUT2D eigenvalue weighted by Gasteiger charge is 2.22. The Morgan fingerprint density at radius 1 is 1.18 bits per heavy atom. The second kappa shape index (κ2) is 9.71. The molecule has 0 saturated carbocycles. The standard InChI is InChI=1S/C17H18F2N4O2S3/c1-4-10-8(2)28-14(13(10)15(24)25-3)21-17(27)23-22-16(26)20-12-6-5-9(18)7-11(12)19/h5-7H,4H2,1-3H3,(H2,20,22,26)(H2,21,23,27). The molecule has 11 heteroatoms. The van der Waals surface area contributed by atoms with E-state index in [4.69, 9.17) is 29.2 Å². The number of hydrazine groups is 1. The lowest BCUT2D eigenvalue weighted by Crippen LogP contribution is -2.45. The molecule has 6 nitrogen and oxygen atoms in total.